The monoisotopic (exact) mass is 396 g/mol. The van der Waals surface area contributed by atoms with E-state index in [1.165, 1.54) is 25.1 Å². The van der Waals surface area contributed by atoms with Crippen molar-refractivity contribution in [3.63, 3.8) is 0 Å². The van der Waals surface area contributed by atoms with Crippen molar-refractivity contribution in [3.05, 3.63) is 53.6 Å². The van der Waals surface area contributed by atoms with Gasteiger partial charge in [-0.2, -0.15) is 18.4 Å². The van der Waals surface area contributed by atoms with E-state index in [9.17, 15) is 28.2 Å². The van der Waals surface area contributed by atoms with Crippen LogP contribution in [0.5, 0.6) is 5.75 Å². The summed E-state index contributed by atoms with van der Waals surface area (Å²) in [6.07, 6.45) is -4.75. The molecule has 3 N–H and O–H groups in total. The molecule has 5 nitrogen and oxygen atoms in total. The van der Waals surface area contributed by atoms with Crippen LogP contribution in [0, 0.1) is 11.3 Å². The van der Waals surface area contributed by atoms with E-state index >= 15 is 0 Å². The number of phenolic OH excluding ortho intramolecular Hbond substituents is 1. The molecule has 0 fully saturated rings. The number of benzene rings is 2. The standard InChI is InChI=1S/C18H15F3N2O3S/c1-17(26,10-27-14-6-4-13(24)5-7-14)16(25)23-12-3-2-11(9-22)15(8-12)18(19,20)21/h2-8,24,26H,10H2,1H3,(H,23,25). The van der Waals surface area contributed by atoms with Gasteiger partial charge in [-0.25, -0.2) is 0 Å². The first kappa shape index (κ1) is 20.6. The first-order chi connectivity index (χ1) is 12.5. The lowest BCUT2D eigenvalue weighted by molar-refractivity contribution is -0.137. The number of alkyl halides is 3. The number of phenols is 1. The summed E-state index contributed by atoms with van der Waals surface area (Å²) in [6, 6.07) is 10.3. The van der Waals surface area contributed by atoms with Crippen molar-refractivity contribution in [2.24, 2.45) is 0 Å². The Balaban J connectivity index is 2.11. The molecule has 0 aromatic heterocycles. The van der Waals surface area contributed by atoms with Crippen LogP contribution in [0.1, 0.15) is 18.1 Å². The first-order valence-corrected chi connectivity index (χ1v) is 8.58. The Morgan fingerprint density at radius 2 is 1.85 bits per heavy atom. The maximum absolute atomic E-state index is 13.0. The number of nitrogens with zero attached hydrogens (tertiary/aromatic N) is 1. The van der Waals surface area contributed by atoms with Crippen molar-refractivity contribution in [1.29, 1.82) is 5.26 Å². The molecule has 0 saturated carbocycles. The third-order valence-corrected chi connectivity index (χ3v) is 4.86. The highest BCUT2D eigenvalue weighted by Gasteiger charge is 2.35. The molecule has 0 radical (unpaired) electrons. The van der Waals surface area contributed by atoms with Crippen LogP contribution in [0.15, 0.2) is 47.4 Å². The Morgan fingerprint density at radius 1 is 1.22 bits per heavy atom. The smallest absolute Gasteiger partial charge is 0.417 e. The second-order valence-corrected chi connectivity index (χ2v) is 6.93. The first-order valence-electron chi connectivity index (χ1n) is 7.60. The molecule has 0 aliphatic rings. The largest absolute Gasteiger partial charge is 0.508 e. The average Bonchev–Trinajstić information content (AvgIpc) is 2.60. The Labute approximate surface area is 157 Å². The number of anilines is 1. The molecule has 27 heavy (non-hydrogen) atoms. The maximum Gasteiger partial charge on any atom is 0.417 e. The number of thioether (sulfide) groups is 1. The number of carbonyl (C=O) groups excluding carboxylic acids is 1. The van der Waals surface area contributed by atoms with E-state index in [0.29, 0.717) is 11.0 Å². The predicted octanol–water partition coefficient (Wildman–Crippen LogP) is 3.76. The molecule has 0 aliphatic heterocycles. The van der Waals surface area contributed by atoms with Gasteiger partial charge in [-0.05, 0) is 49.4 Å². The van der Waals surface area contributed by atoms with Gasteiger partial charge in [-0.1, -0.05) is 0 Å². The molecular weight excluding hydrogens is 381 g/mol. The van der Waals surface area contributed by atoms with E-state index in [4.69, 9.17) is 5.26 Å². The summed E-state index contributed by atoms with van der Waals surface area (Å²) in [5.41, 5.74) is -3.77. The van der Waals surface area contributed by atoms with Gasteiger partial charge < -0.3 is 15.5 Å². The molecule has 1 atom stereocenters. The fraction of sp³-hybridized carbons (Fsp3) is 0.222. The summed E-state index contributed by atoms with van der Waals surface area (Å²) in [4.78, 5) is 13.0. The minimum Gasteiger partial charge on any atom is -0.508 e. The van der Waals surface area contributed by atoms with Gasteiger partial charge in [0.05, 0.1) is 17.2 Å². The molecular formula is C18H15F3N2O3S. The van der Waals surface area contributed by atoms with Crippen LogP contribution < -0.4 is 5.32 Å². The van der Waals surface area contributed by atoms with Crippen LogP contribution in [0.3, 0.4) is 0 Å². The van der Waals surface area contributed by atoms with Crippen LogP contribution in [0.25, 0.3) is 0 Å². The predicted molar refractivity (Wildman–Crippen MR) is 94.2 cm³/mol. The summed E-state index contributed by atoms with van der Waals surface area (Å²) in [5.74, 6) is -0.872. The van der Waals surface area contributed by atoms with E-state index in [2.05, 4.69) is 5.32 Å². The maximum atomic E-state index is 13.0. The van der Waals surface area contributed by atoms with Gasteiger partial charge >= 0.3 is 6.18 Å². The van der Waals surface area contributed by atoms with Crippen LogP contribution in [0.4, 0.5) is 18.9 Å². The zero-order valence-electron chi connectivity index (χ0n) is 14.0. The lowest BCUT2D eigenvalue weighted by Gasteiger charge is -2.22. The Hall–Kier alpha value is -2.70. The molecule has 1 unspecified atom stereocenters. The summed E-state index contributed by atoms with van der Waals surface area (Å²) >= 11 is 1.14. The fourth-order valence-corrected chi connectivity index (χ4v) is 2.96. The third-order valence-electron chi connectivity index (χ3n) is 3.55. The van der Waals surface area contributed by atoms with Gasteiger partial charge in [0.25, 0.3) is 5.91 Å². The molecule has 2 aromatic rings. The second kappa shape index (κ2) is 7.90. The highest BCUT2D eigenvalue weighted by atomic mass is 32.2. The Bertz CT molecular complexity index is 875. The van der Waals surface area contributed by atoms with Gasteiger partial charge in [0.1, 0.15) is 11.4 Å². The fourth-order valence-electron chi connectivity index (χ4n) is 2.05. The van der Waals surface area contributed by atoms with E-state index < -0.39 is 28.8 Å². The number of hydrogen-bond acceptors (Lipinski definition) is 5. The van der Waals surface area contributed by atoms with Gasteiger partial charge in [-0.15, -0.1) is 11.8 Å². The van der Waals surface area contributed by atoms with Gasteiger partial charge in [0.15, 0.2) is 0 Å². The van der Waals surface area contributed by atoms with Crippen molar-refractivity contribution < 1.29 is 28.2 Å². The van der Waals surface area contributed by atoms with Gasteiger partial charge in [0.2, 0.25) is 0 Å². The van der Waals surface area contributed by atoms with Crippen molar-refractivity contribution in [1.82, 2.24) is 0 Å². The molecule has 0 saturated heterocycles. The molecule has 0 spiro atoms. The number of hydrogen-bond donors (Lipinski definition) is 3. The van der Waals surface area contributed by atoms with Gasteiger partial charge in [0, 0.05) is 16.3 Å². The summed E-state index contributed by atoms with van der Waals surface area (Å²) in [6.45, 7) is 1.24. The third kappa shape index (κ3) is 5.39. The van der Waals surface area contributed by atoms with Crippen LogP contribution in [-0.4, -0.2) is 27.5 Å². The number of aliphatic hydroxyl groups is 1. The Morgan fingerprint density at radius 3 is 2.41 bits per heavy atom. The molecule has 0 heterocycles. The van der Waals surface area contributed by atoms with E-state index in [0.717, 1.165) is 23.9 Å². The minimum absolute atomic E-state index is 0.0635. The quantitative estimate of drug-likeness (QED) is 0.669. The number of aromatic hydroxyl groups is 1. The SMILES string of the molecule is CC(O)(CSc1ccc(O)cc1)C(=O)Nc1ccc(C#N)c(C(F)(F)F)c1. The number of nitrogens with one attached hydrogen (secondary N) is 1. The zero-order valence-corrected chi connectivity index (χ0v) is 14.9. The summed E-state index contributed by atoms with van der Waals surface area (Å²) in [5, 5.41) is 30.6. The molecule has 0 aliphatic carbocycles. The van der Waals surface area contributed by atoms with Crippen LogP contribution >= 0.6 is 11.8 Å². The number of carbonyl (C=O) groups is 1. The van der Waals surface area contributed by atoms with Crippen molar-refractivity contribution in [2.75, 3.05) is 11.1 Å². The lowest BCUT2D eigenvalue weighted by Crippen LogP contribution is -2.42. The number of halogens is 3. The van der Waals surface area contributed by atoms with Crippen molar-refractivity contribution in [2.45, 2.75) is 23.6 Å². The normalized spacial score (nSPS) is 13.5. The van der Waals surface area contributed by atoms with E-state index in [1.807, 2.05) is 0 Å². The van der Waals surface area contributed by atoms with E-state index in [1.54, 1.807) is 12.1 Å². The molecule has 9 heteroatoms. The minimum atomic E-state index is -4.75. The summed E-state index contributed by atoms with van der Waals surface area (Å²) in [7, 11) is 0. The zero-order chi connectivity index (χ0) is 20.2. The van der Waals surface area contributed by atoms with E-state index in [-0.39, 0.29) is 17.2 Å². The molecule has 0 bridgehead atoms. The number of nitriles is 1. The van der Waals surface area contributed by atoms with Gasteiger partial charge in [-0.3, -0.25) is 4.79 Å². The highest BCUT2D eigenvalue weighted by molar-refractivity contribution is 7.99. The lowest BCUT2D eigenvalue weighted by atomic mass is 10.1. The highest BCUT2D eigenvalue weighted by Crippen LogP contribution is 2.34. The molecule has 2 rings (SSSR count). The molecule has 142 valence electrons. The van der Waals surface area contributed by atoms with Crippen molar-refractivity contribution in [3.8, 4) is 11.8 Å². The second-order valence-electron chi connectivity index (χ2n) is 5.88. The number of rotatable bonds is 5. The topological polar surface area (TPSA) is 93.3 Å². The average molecular weight is 396 g/mol. The van der Waals surface area contributed by atoms with Crippen LogP contribution in [-0.2, 0) is 11.0 Å². The Kier molecular flexibility index (Phi) is 6.03. The number of amides is 1. The summed E-state index contributed by atoms with van der Waals surface area (Å²) < 4.78 is 39.0. The van der Waals surface area contributed by atoms with Crippen molar-refractivity contribution >= 4 is 23.4 Å². The molecule has 1 amide bonds. The van der Waals surface area contributed by atoms with Crippen LogP contribution in [0.2, 0.25) is 0 Å². The molecule has 2 aromatic carbocycles.